The molecular weight excluding hydrogens is 124 g/mol. The Hall–Kier alpha value is -0.590. The van der Waals surface area contributed by atoms with Crippen molar-refractivity contribution in [2.45, 2.75) is 32.6 Å². The summed E-state index contributed by atoms with van der Waals surface area (Å²) in [6, 6.07) is 0. The van der Waals surface area contributed by atoms with Crippen LogP contribution in [0.1, 0.15) is 32.6 Å². The minimum Gasteiger partial charge on any atom is -0.299 e. The number of hydrogen-bond acceptors (Lipinski definition) is 1. The molecular formula is C9H14O. The lowest BCUT2D eigenvalue weighted by atomic mass is 9.83. The van der Waals surface area contributed by atoms with Gasteiger partial charge in [-0.1, -0.05) is 25.5 Å². The molecule has 1 heteroatoms. The molecule has 0 spiro atoms. The fourth-order valence-corrected chi connectivity index (χ4v) is 1.06. The van der Waals surface area contributed by atoms with Crippen LogP contribution in [0.25, 0.3) is 0 Å². The second kappa shape index (κ2) is 3.55. The number of unbranched alkanes of at least 4 members (excludes halogenated alkanes) is 1. The summed E-state index contributed by atoms with van der Waals surface area (Å²) in [6.07, 6.45) is 8.37. The van der Waals surface area contributed by atoms with Gasteiger partial charge in [-0.2, -0.15) is 0 Å². The van der Waals surface area contributed by atoms with Gasteiger partial charge in [0.25, 0.3) is 0 Å². The van der Waals surface area contributed by atoms with Gasteiger partial charge in [0.2, 0.25) is 0 Å². The zero-order chi connectivity index (χ0) is 7.40. The molecule has 1 rings (SSSR count). The van der Waals surface area contributed by atoms with Gasteiger partial charge in [-0.15, -0.1) is 0 Å². The van der Waals surface area contributed by atoms with Gasteiger partial charge in [0.1, 0.15) is 5.78 Å². The van der Waals surface area contributed by atoms with Crippen LogP contribution < -0.4 is 0 Å². The monoisotopic (exact) mass is 138 g/mol. The summed E-state index contributed by atoms with van der Waals surface area (Å²) in [5, 5.41) is 0. The lowest BCUT2D eigenvalue weighted by Crippen LogP contribution is -2.23. The van der Waals surface area contributed by atoms with Gasteiger partial charge >= 0.3 is 0 Å². The third-order valence-electron chi connectivity index (χ3n) is 1.94. The van der Waals surface area contributed by atoms with E-state index in [9.17, 15) is 4.79 Å². The van der Waals surface area contributed by atoms with Crippen molar-refractivity contribution in [3.8, 4) is 0 Å². The fourth-order valence-electron chi connectivity index (χ4n) is 1.06. The van der Waals surface area contributed by atoms with Crippen LogP contribution in [0.5, 0.6) is 0 Å². The zero-order valence-corrected chi connectivity index (χ0v) is 6.47. The molecule has 0 radical (unpaired) electrons. The molecule has 0 aromatic carbocycles. The van der Waals surface area contributed by atoms with E-state index in [0.717, 1.165) is 19.3 Å². The standard InChI is InChI=1S/C9H14O/c1-2-3-4-5-8-6-7-9(8)10/h4-5,8H,2-3,6-7H2,1H3/b5-4+. The molecule has 0 aromatic rings. The molecule has 0 bridgehead atoms. The molecule has 1 aliphatic carbocycles. The molecule has 1 unspecified atom stereocenters. The number of carbonyl (C=O) groups is 1. The lowest BCUT2D eigenvalue weighted by molar-refractivity contribution is -0.127. The number of hydrogen-bond donors (Lipinski definition) is 0. The van der Waals surface area contributed by atoms with Crippen LogP contribution in [-0.4, -0.2) is 5.78 Å². The van der Waals surface area contributed by atoms with Gasteiger partial charge < -0.3 is 0 Å². The van der Waals surface area contributed by atoms with Crippen LogP contribution in [0.2, 0.25) is 0 Å². The summed E-state index contributed by atoms with van der Waals surface area (Å²) >= 11 is 0. The smallest absolute Gasteiger partial charge is 0.139 e. The molecule has 1 saturated carbocycles. The molecule has 56 valence electrons. The van der Waals surface area contributed by atoms with E-state index < -0.39 is 0 Å². The third-order valence-corrected chi connectivity index (χ3v) is 1.94. The van der Waals surface area contributed by atoms with Crippen LogP contribution in [0.15, 0.2) is 12.2 Å². The first kappa shape index (κ1) is 7.52. The second-order valence-electron chi connectivity index (χ2n) is 2.83. The topological polar surface area (TPSA) is 17.1 Å². The second-order valence-corrected chi connectivity index (χ2v) is 2.83. The Labute approximate surface area is 62.1 Å². The Morgan fingerprint density at radius 3 is 2.90 bits per heavy atom. The van der Waals surface area contributed by atoms with Crippen LogP contribution in [0, 0.1) is 5.92 Å². The number of ketones is 1. The van der Waals surface area contributed by atoms with Crippen molar-refractivity contribution in [2.75, 3.05) is 0 Å². The summed E-state index contributed by atoms with van der Waals surface area (Å²) in [6.45, 7) is 2.15. The Kier molecular flexibility index (Phi) is 2.67. The summed E-state index contributed by atoms with van der Waals surface area (Å²) in [4.78, 5) is 10.8. The summed E-state index contributed by atoms with van der Waals surface area (Å²) < 4.78 is 0. The van der Waals surface area contributed by atoms with Gasteiger partial charge in [-0.05, 0) is 12.8 Å². The number of Topliss-reactive ketones (excluding diaryl/α,β-unsaturated/α-hetero) is 1. The quantitative estimate of drug-likeness (QED) is 0.547. The summed E-state index contributed by atoms with van der Waals surface area (Å²) in [7, 11) is 0. The highest BCUT2D eigenvalue weighted by atomic mass is 16.1. The van der Waals surface area contributed by atoms with Crippen molar-refractivity contribution in [3.63, 3.8) is 0 Å². The van der Waals surface area contributed by atoms with E-state index in [0.29, 0.717) is 5.78 Å². The maximum absolute atomic E-state index is 10.8. The van der Waals surface area contributed by atoms with Crippen LogP contribution in [0.4, 0.5) is 0 Å². The van der Waals surface area contributed by atoms with Crippen molar-refractivity contribution in [2.24, 2.45) is 5.92 Å². The van der Waals surface area contributed by atoms with E-state index in [1.165, 1.54) is 6.42 Å². The minimum absolute atomic E-state index is 0.284. The number of rotatable bonds is 3. The molecule has 10 heavy (non-hydrogen) atoms. The van der Waals surface area contributed by atoms with Gasteiger partial charge in [0.05, 0.1) is 0 Å². The van der Waals surface area contributed by atoms with Gasteiger partial charge in [-0.25, -0.2) is 0 Å². The molecule has 1 atom stereocenters. The van der Waals surface area contributed by atoms with Crippen LogP contribution >= 0.6 is 0 Å². The highest BCUT2D eigenvalue weighted by Crippen LogP contribution is 2.23. The van der Waals surface area contributed by atoms with E-state index in [4.69, 9.17) is 0 Å². The zero-order valence-electron chi connectivity index (χ0n) is 6.47. The molecule has 1 nitrogen and oxygen atoms in total. The molecule has 1 aliphatic rings. The van der Waals surface area contributed by atoms with Crippen LogP contribution in [-0.2, 0) is 4.79 Å². The van der Waals surface area contributed by atoms with Gasteiger partial charge in [-0.3, -0.25) is 4.79 Å². The Morgan fingerprint density at radius 1 is 1.70 bits per heavy atom. The maximum atomic E-state index is 10.8. The Balaban J connectivity index is 2.18. The van der Waals surface area contributed by atoms with E-state index >= 15 is 0 Å². The SMILES string of the molecule is CCC/C=C/C1CCC1=O. The largest absolute Gasteiger partial charge is 0.299 e. The molecule has 0 aliphatic heterocycles. The fraction of sp³-hybridized carbons (Fsp3) is 0.667. The molecule has 1 fully saturated rings. The highest BCUT2D eigenvalue weighted by Gasteiger charge is 2.24. The number of carbonyl (C=O) groups excluding carboxylic acids is 1. The first-order valence-electron chi connectivity index (χ1n) is 4.04. The predicted octanol–water partition coefficient (Wildman–Crippen LogP) is 2.32. The summed E-state index contributed by atoms with van der Waals surface area (Å²) in [5.41, 5.74) is 0. The number of allylic oxidation sites excluding steroid dienone is 2. The average Bonchev–Trinajstić information content (AvgIpc) is 1.95. The van der Waals surface area contributed by atoms with Crippen molar-refractivity contribution in [1.29, 1.82) is 0 Å². The third kappa shape index (κ3) is 1.69. The molecule has 0 saturated heterocycles. The van der Waals surface area contributed by atoms with Crippen LogP contribution in [0.3, 0.4) is 0 Å². The molecule has 0 heterocycles. The Bertz CT molecular complexity index is 147. The van der Waals surface area contributed by atoms with E-state index in [1.54, 1.807) is 0 Å². The maximum Gasteiger partial charge on any atom is 0.139 e. The van der Waals surface area contributed by atoms with Crippen molar-refractivity contribution in [1.82, 2.24) is 0 Å². The first-order valence-corrected chi connectivity index (χ1v) is 4.04. The molecule has 0 N–H and O–H groups in total. The average molecular weight is 138 g/mol. The molecule has 0 aromatic heterocycles. The van der Waals surface area contributed by atoms with Gasteiger partial charge in [0, 0.05) is 12.3 Å². The van der Waals surface area contributed by atoms with Crippen molar-refractivity contribution >= 4 is 5.78 Å². The predicted molar refractivity (Wildman–Crippen MR) is 41.8 cm³/mol. The summed E-state index contributed by atoms with van der Waals surface area (Å²) in [5.74, 6) is 0.707. The van der Waals surface area contributed by atoms with Crippen molar-refractivity contribution in [3.05, 3.63) is 12.2 Å². The highest BCUT2D eigenvalue weighted by molar-refractivity contribution is 5.87. The van der Waals surface area contributed by atoms with Crippen molar-refractivity contribution < 1.29 is 4.79 Å². The lowest BCUT2D eigenvalue weighted by Gasteiger charge is -2.19. The van der Waals surface area contributed by atoms with Gasteiger partial charge in [0.15, 0.2) is 0 Å². The first-order chi connectivity index (χ1) is 4.84. The normalized spacial score (nSPS) is 25.3. The Morgan fingerprint density at radius 2 is 2.50 bits per heavy atom. The van der Waals surface area contributed by atoms with E-state index in [-0.39, 0.29) is 5.92 Å². The minimum atomic E-state index is 0.284. The molecule has 0 amide bonds. The van der Waals surface area contributed by atoms with E-state index in [1.807, 2.05) is 0 Å². The van der Waals surface area contributed by atoms with E-state index in [2.05, 4.69) is 19.1 Å².